The van der Waals surface area contributed by atoms with Crippen molar-refractivity contribution in [3.8, 4) is 5.75 Å². The van der Waals surface area contributed by atoms with Crippen molar-refractivity contribution in [1.29, 1.82) is 0 Å². The number of carbonyl (C=O) groups is 2. The molecule has 2 unspecified atom stereocenters. The number of fused-ring (bicyclic) bond motifs is 5. The lowest BCUT2D eigenvalue weighted by atomic mass is 9.47. The van der Waals surface area contributed by atoms with Crippen LogP contribution in [0.5, 0.6) is 5.75 Å². The number of aliphatic hydroxyl groups excluding tert-OH is 1. The van der Waals surface area contributed by atoms with Crippen LogP contribution in [0.25, 0.3) is 5.57 Å². The topological polar surface area (TPSA) is 161 Å². The minimum absolute atomic E-state index is 0.0782. The molecule has 1 amide bonds. The van der Waals surface area contributed by atoms with Crippen LogP contribution < -0.4 is 25.9 Å². The summed E-state index contributed by atoms with van der Waals surface area (Å²) in [5.74, 6) is -0.995. The molecular formula is C43H55N5O7. The summed E-state index contributed by atoms with van der Waals surface area (Å²) in [6, 6.07) is 10.3. The molecule has 12 heteroatoms. The lowest BCUT2D eigenvalue weighted by Gasteiger charge is -2.63. The number of likely N-dealkylation sites (N-methyl/N-ethyl adjacent to an activating group) is 1. The normalized spacial score (nSPS) is 41.1. The molecule has 11 atom stereocenters. The van der Waals surface area contributed by atoms with Gasteiger partial charge in [-0.2, -0.15) is 0 Å². The van der Waals surface area contributed by atoms with Gasteiger partial charge in [0.25, 0.3) is 5.91 Å². The standard InChI is InChI=1S/C43H55N5O7/c1-6-39(52)21-25-22-42(38(51)55-5,33-27(13-17-47(23-25)24-39)26-11-8-9-12-30(26)45-33)29-19-28-31(20-32(29)54-4)46(3)35-41(28)15-18-48-16-10-14-40(7-2,34(41)48)36(49)43(35,53)37(44)50/h8-12,14,19-20,25,33-36,49,52-53H,6-7,13,15-18,21-24H2,1-5H3,(H2,44,50)/t25-,33?,34+,35-,36-,39+,40-,41-,42+,43+/m1/s1. The number of benzene rings is 2. The molecule has 5 N–H and O–H groups in total. The molecular weight excluding hydrogens is 699 g/mol. The SMILES string of the molecule is CC[C@]1(O)C[C@H]2CN(CCC3=c4ccccc4=NC3[C@@](C(=O)OC)(c3cc4c(cc3OC)N(C)[C@H]3[C@@](O)(C(N)=O)[C@H](O)[C@]5(CC)C=CCN6CC[C@]43[C@@H]65)C2)C1. The quantitative estimate of drug-likeness (QED) is 0.247. The highest BCUT2D eigenvalue weighted by atomic mass is 16.5. The number of nitrogens with two attached hydrogens (primary N) is 1. The first kappa shape index (κ1) is 36.8. The average molecular weight is 754 g/mol. The highest BCUT2D eigenvalue weighted by molar-refractivity contribution is 5.92. The van der Waals surface area contributed by atoms with E-state index in [1.54, 1.807) is 7.11 Å². The van der Waals surface area contributed by atoms with Crippen molar-refractivity contribution < 1.29 is 34.4 Å². The molecule has 3 saturated heterocycles. The molecule has 55 heavy (non-hydrogen) atoms. The fraction of sp³-hybridized carbons (Fsp3) is 0.605. The number of rotatable bonds is 6. The van der Waals surface area contributed by atoms with Gasteiger partial charge in [-0.3, -0.25) is 24.4 Å². The van der Waals surface area contributed by atoms with Gasteiger partial charge < -0.3 is 35.4 Å². The van der Waals surface area contributed by atoms with E-state index in [-0.39, 0.29) is 12.0 Å². The monoisotopic (exact) mass is 753 g/mol. The van der Waals surface area contributed by atoms with Gasteiger partial charge in [0.05, 0.1) is 37.3 Å². The molecule has 6 aliphatic heterocycles. The molecule has 2 bridgehead atoms. The predicted octanol–water partition coefficient (Wildman–Crippen LogP) is 0.903. The first-order valence-corrected chi connectivity index (χ1v) is 20.1. The van der Waals surface area contributed by atoms with E-state index in [0.29, 0.717) is 69.5 Å². The van der Waals surface area contributed by atoms with Gasteiger partial charge in [-0.1, -0.05) is 44.2 Å². The molecule has 1 spiro atoms. The van der Waals surface area contributed by atoms with Crippen molar-refractivity contribution in [2.75, 3.05) is 58.9 Å². The van der Waals surface area contributed by atoms with E-state index in [1.807, 2.05) is 62.2 Å². The minimum Gasteiger partial charge on any atom is -0.496 e. The Morgan fingerprint density at radius 3 is 2.53 bits per heavy atom. The molecule has 2 aromatic carbocycles. The van der Waals surface area contributed by atoms with Gasteiger partial charge in [0, 0.05) is 72.6 Å². The summed E-state index contributed by atoms with van der Waals surface area (Å²) >= 11 is 0. The Labute approximate surface area is 322 Å². The molecule has 9 rings (SSSR count). The zero-order chi connectivity index (χ0) is 38.9. The Bertz CT molecular complexity index is 2130. The van der Waals surface area contributed by atoms with E-state index in [1.165, 1.54) is 7.11 Å². The van der Waals surface area contributed by atoms with Gasteiger partial charge in [-0.25, -0.2) is 0 Å². The van der Waals surface area contributed by atoms with E-state index < -0.39 is 57.5 Å². The number of anilines is 1. The van der Waals surface area contributed by atoms with Crippen LogP contribution in [-0.4, -0.2) is 126 Å². The smallest absolute Gasteiger partial charge is 0.318 e. The summed E-state index contributed by atoms with van der Waals surface area (Å²) in [5.41, 5.74) is 3.10. The van der Waals surface area contributed by atoms with Gasteiger partial charge in [0.1, 0.15) is 17.3 Å². The first-order chi connectivity index (χ1) is 26.3. The van der Waals surface area contributed by atoms with Gasteiger partial charge in [-0.15, -0.1) is 0 Å². The predicted molar refractivity (Wildman–Crippen MR) is 206 cm³/mol. The van der Waals surface area contributed by atoms with Crippen LogP contribution in [0.15, 0.2) is 53.5 Å². The van der Waals surface area contributed by atoms with Crippen LogP contribution in [-0.2, 0) is 25.2 Å². The number of piperidine rings is 1. The molecule has 1 aliphatic carbocycles. The van der Waals surface area contributed by atoms with Crippen molar-refractivity contribution in [3.05, 3.63) is 70.3 Å². The van der Waals surface area contributed by atoms with Crippen molar-refractivity contribution in [1.82, 2.24) is 9.80 Å². The third-order valence-corrected chi connectivity index (χ3v) is 15.4. The summed E-state index contributed by atoms with van der Waals surface area (Å²) in [7, 11) is 4.89. The molecule has 294 valence electrons. The largest absolute Gasteiger partial charge is 0.496 e. The number of nitrogens with zero attached hydrogens (tertiary/aromatic N) is 4. The van der Waals surface area contributed by atoms with Crippen molar-refractivity contribution in [3.63, 3.8) is 0 Å². The fourth-order valence-corrected chi connectivity index (χ4v) is 13.2. The number of methoxy groups -OCH3 is 2. The van der Waals surface area contributed by atoms with Gasteiger partial charge >= 0.3 is 5.97 Å². The maximum atomic E-state index is 15.2. The molecule has 0 aromatic heterocycles. The number of ether oxygens (including phenoxy) is 2. The zero-order valence-corrected chi connectivity index (χ0v) is 32.6. The molecule has 7 aliphatic rings. The second kappa shape index (κ2) is 12.3. The van der Waals surface area contributed by atoms with E-state index in [9.17, 15) is 20.1 Å². The van der Waals surface area contributed by atoms with Crippen LogP contribution in [0.3, 0.4) is 0 Å². The lowest BCUT2D eigenvalue weighted by Crippen LogP contribution is -2.81. The fourth-order valence-electron chi connectivity index (χ4n) is 13.2. The van der Waals surface area contributed by atoms with Crippen LogP contribution in [0.2, 0.25) is 0 Å². The Kier molecular flexibility index (Phi) is 8.26. The third-order valence-electron chi connectivity index (χ3n) is 15.4. The Morgan fingerprint density at radius 1 is 1.04 bits per heavy atom. The number of hydrogen-bond acceptors (Lipinski definition) is 11. The van der Waals surface area contributed by atoms with Crippen molar-refractivity contribution in [2.24, 2.45) is 22.1 Å². The number of aliphatic hydroxyl groups is 3. The van der Waals surface area contributed by atoms with E-state index >= 15 is 4.79 Å². The highest BCUT2D eigenvalue weighted by Gasteiger charge is 2.78. The van der Waals surface area contributed by atoms with E-state index in [2.05, 4.69) is 21.9 Å². The third kappa shape index (κ3) is 4.54. The summed E-state index contributed by atoms with van der Waals surface area (Å²) < 4.78 is 12.2. The lowest BCUT2D eigenvalue weighted by molar-refractivity contribution is -0.201. The van der Waals surface area contributed by atoms with Gasteiger partial charge in [0.2, 0.25) is 0 Å². The van der Waals surface area contributed by atoms with E-state index in [4.69, 9.17) is 20.2 Å². The van der Waals surface area contributed by atoms with Gasteiger partial charge in [-0.05, 0) is 74.3 Å². The molecule has 6 heterocycles. The molecule has 2 aromatic rings. The van der Waals surface area contributed by atoms with Crippen LogP contribution in [0, 0.1) is 11.3 Å². The molecule has 12 nitrogen and oxygen atoms in total. The average Bonchev–Trinajstić information content (AvgIpc) is 3.84. The van der Waals surface area contributed by atoms with E-state index in [0.717, 1.165) is 40.5 Å². The van der Waals surface area contributed by atoms with Crippen LogP contribution >= 0.6 is 0 Å². The molecule has 1 saturated carbocycles. The van der Waals surface area contributed by atoms with Crippen molar-refractivity contribution >= 4 is 23.1 Å². The molecule has 0 radical (unpaired) electrons. The second-order valence-corrected chi connectivity index (χ2v) is 17.6. The summed E-state index contributed by atoms with van der Waals surface area (Å²) in [6.45, 7) is 7.39. The number of para-hydroxylation sites is 1. The minimum atomic E-state index is -2.30. The first-order valence-electron chi connectivity index (χ1n) is 20.1. The molecule has 4 fully saturated rings. The summed E-state index contributed by atoms with van der Waals surface area (Å²) in [6.07, 6.45) is 5.78. The van der Waals surface area contributed by atoms with Crippen molar-refractivity contribution in [2.45, 2.75) is 98.6 Å². The Hall–Kier alpha value is -3.81. The number of esters is 1. The maximum Gasteiger partial charge on any atom is 0.318 e. The Balaban J connectivity index is 1.35. The number of carbonyl (C=O) groups excluding carboxylic acids is 2. The van der Waals surface area contributed by atoms with Crippen LogP contribution in [0.4, 0.5) is 5.69 Å². The summed E-state index contributed by atoms with van der Waals surface area (Å²) in [5, 5.41) is 38.8. The highest BCUT2D eigenvalue weighted by Crippen LogP contribution is 2.67. The number of amides is 1. The van der Waals surface area contributed by atoms with Gasteiger partial charge in [0.15, 0.2) is 5.60 Å². The maximum absolute atomic E-state index is 15.2. The number of hydrogen-bond donors (Lipinski definition) is 4. The van der Waals surface area contributed by atoms with Crippen LogP contribution in [0.1, 0.15) is 63.5 Å². The second-order valence-electron chi connectivity index (χ2n) is 17.6. The zero-order valence-electron chi connectivity index (χ0n) is 32.6. The Morgan fingerprint density at radius 2 is 1.82 bits per heavy atom. The summed E-state index contributed by atoms with van der Waals surface area (Å²) in [4.78, 5) is 40.9. The number of primary amides is 1.